The Kier molecular flexibility index (Phi) is 5.26. The fourth-order valence-corrected chi connectivity index (χ4v) is 3.03. The van der Waals surface area contributed by atoms with E-state index in [4.69, 9.17) is 0 Å². The summed E-state index contributed by atoms with van der Waals surface area (Å²) < 4.78 is 38.5. The molecule has 1 aromatic carbocycles. The molecule has 2 N–H and O–H groups in total. The normalized spacial score (nSPS) is 22.3. The third-order valence-electron chi connectivity index (χ3n) is 4.63. The van der Waals surface area contributed by atoms with E-state index in [0.29, 0.717) is 12.1 Å². The molecule has 2 fully saturated rings. The minimum absolute atomic E-state index is 0. The molecule has 1 saturated carbocycles. The lowest BCUT2D eigenvalue weighted by molar-refractivity contribution is -0.137. The second-order valence-corrected chi connectivity index (χ2v) is 6.23. The minimum Gasteiger partial charge on any atom is -0.354 e. The van der Waals surface area contributed by atoms with Crippen LogP contribution in [0.15, 0.2) is 24.3 Å². The van der Waals surface area contributed by atoms with Crippen molar-refractivity contribution in [2.45, 2.75) is 43.3 Å². The van der Waals surface area contributed by atoms with E-state index in [9.17, 15) is 18.0 Å². The highest BCUT2D eigenvalue weighted by Crippen LogP contribution is 2.48. The summed E-state index contributed by atoms with van der Waals surface area (Å²) in [4.78, 5) is 12.0. The molecule has 23 heavy (non-hydrogen) atoms. The zero-order chi connectivity index (χ0) is 15.8. The molecule has 3 nitrogen and oxygen atoms in total. The first-order valence-corrected chi connectivity index (χ1v) is 7.60. The molecule has 0 spiro atoms. The van der Waals surface area contributed by atoms with Gasteiger partial charge in [0.15, 0.2) is 0 Å². The summed E-state index contributed by atoms with van der Waals surface area (Å²) in [5, 5.41) is 6.02. The Labute approximate surface area is 139 Å². The summed E-state index contributed by atoms with van der Waals surface area (Å²) in [5.74, 6) is -0.0456. The Morgan fingerprint density at radius 1 is 1.35 bits per heavy atom. The molecule has 0 radical (unpaired) electrons. The average molecular weight is 349 g/mol. The Hall–Kier alpha value is -1.27. The van der Waals surface area contributed by atoms with Gasteiger partial charge in [-0.3, -0.25) is 4.79 Å². The molecule has 1 aliphatic heterocycles. The van der Waals surface area contributed by atoms with E-state index in [2.05, 4.69) is 10.6 Å². The zero-order valence-electron chi connectivity index (χ0n) is 12.6. The molecule has 7 heteroatoms. The fourth-order valence-electron chi connectivity index (χ4n) is 3.03. The number of hydrogen-bond acceptors (Lipinski definition) is 2. The van der Waals surface area contributed by atoms with Crippen LogP contribution in [-0.4, -0.2) is 25.0 Å². The maximum Gasteiger partial charge on any atom is 0.416 e. The SMILES string of the molecule is Cl.O=C(NCC1(c2cccc(C(F)(F)F)c2)CC1)C1CCCN1. The molecule has 0 bridgehead atoms. The molecule has 3 rings (SSSR count). The fraction of sp³-hybridized carbons (Fsp3) is 0.562. The maximum atomic E-state index is 12.8. The molecule has 1 aromatic rings. The van der Waals surface area contributed by atoms with Crippen LogP contribution in [0.4, 0.5) is 13.2 Å². The maximum absolute atomic E-state index is 12.8. The number of halogens is 4. The van der Waals surface area contributed by atoms with Crippen LogP contribution in [-0.2, 0) is 16.4 Å². The molecule has 2 aliphatic rings. The second-order valence-electron chi connectivity index (χ2n) is 6.23. The van der Waals surface area contributed by atoms with Crippen molar-refractivity contribution in [3.05, 3.63) is 35.4 Å². The first-order chi connectivity index (χ1) is 10.4. The zero-order valence-corrected chi connectivity index (χ0v) is 13.4. The molecule has 1 atom stereocenters. The van der Waals surface area contributed by atoms with Crippen molar-refractivity contribution in [3.63, 3.8) is 0 Å². The van der Waals surface area contributed by atoms with Crippen molar-refractivity contribution in [3.8, 4) is 0 Å². The van der Waals surface area contributed by atoms with Gasteiger partial charge in [0.25, 0.3) is 0 Å². The summed E-state index contributed by atoms with van der Waals surface area (Å²) in [7, 11) is 0. The van der Waals surface area contributed by atoms with E-state index in [1.807, 2.05) is 0 Å². The number of benzene rings is 1. The van der Waals surface area contributed by atoms with Gasteiger partial charge in [0.2, 0.25) is 5.91 Å². The van der Waals surface area contributed by atoms with Gasteiger partial charge in [0.1, 0.15) is 0 Å². The molecule has 128 valence electrons. The molecular weight excluding hydrogens is 329 g/mol. The standard InChI is InChI=1S/C16H19F3N2O.ClH/c17-16(18,19)12-4-1-3-11(9-12)15(6-7-15)10-21-14(22)13-5-2-8-20-13;/h1,3-4,9,13,20H,2,5-8,10H2,(H,21,22);1H. The topological polar surface area (TPSA) is 41.1 Å². The lowest BCUT2D eigenvalue weighted by atomic mass is 9.94. The van der Waals surface area contributed by atoms with Crippen molar-refractivity contribution < 1.29 is 18.0 Å². The quantitative estimate of drug-likeness (QED) is 0.878. The van der Waals surface area contributed by atoms with E-state index in [0.717, 1.165) is 38.3 Å². The van der Waals surface area contributed by atoms with Crippen LogP contribution >= 0.6 is 12.4 Å². The summed E-state index contributed by atoms with van der Waals surface area (Å²) in [6.45, 7) is 1.25. The molecular formula is C16H20ClF3N2O. The Morgan fingerprint density at radius 2 is 2.09 bits per heavy atom. The Bertz CT molecular complexity index is 567. The summed E-state index contributed by atoms with van der Waals surface area (Å²) in [5.41, 5.74) is -0.280. The van der Waals surface area contributed by atoms with Crippen molar-refractivity contribution >= 4 is 18.3 Å². The van der Waals surface area contributed by atoms with Crippen molar-refractivity contribution in [1.82, 2.24) is 10.6 Å². The Morgan fingerprint density at radius 3 is 2.65 bits per heavy atom. The second kappa shape index (κ2) is 6.69. The van der Waals surface area contributed by atoms with Gasteiger partial charge in [-0.05, 0) is 43.9 Å². The van der Waals surface area contributed by atoms with Crippen LogP contribution in [0.2, 0.25) is 0 Å². The number of rotatable bonds is 4. The highest BCUT2D eigenvalue weighted by Gasteiger charge is 2.45. The van der Waals surface area contributed by atoms with Crippen LogP contribution in [0.5, 0.6) is 0 Å². The highest BCUT2D eigenvalue weighted by atomic mass is 35.5. The van der Waals surface area contributed by atoms with Crippen LogP contribution in [0, 0.1) is 0 Å². The summed E-state index contributed by atoms with van der Waals surface area (Å²) in [6.07, 6.45) is -0.901. The van der Waals surface area contributed by atoms with Crippen LogP contribution in [0.3, 0.4) is 0 Å². The molecule has 1 heterocycles. The number of alkyl halides is 3. The number of amides is 1. The van der Waals surface area contributed by atoms with Gasteiger partial charge in [0.05, 0.1) is 11.6 Å². The highest BCUT2D eigenvalue weighted by molar-refractivity contribution is 5.85. The molecule has 0 aromatic heterocycles. The van der Waals surface area contributed by atoms with Gasteiger partial charge in [-0.1, -0.05) is 18.2 Å². The predicted octanol–water partition coefficient (Wildman–Crippen LogP) is 3.03. The summed E-state index contributed by atoms with van der Waals surface area (Å²) in [6, 6.07) is 5.31. The van der Waals surface area contributed by atoms with E-state index < -0.39 is 11.7 Å². The van der Waals surface area contributed by atoms with Crippen molar-refractivity contribution in [2.24, 2.45) is 0 Å². The van der Waals surface area contributed by atoms with E-state index >= 15 is 0 Å². The first kappa shape index (κ1) is 18.1. The van der Waals surface area contributed by atoms with Gasteiger partial charge >= 0.3 is 6.18 Å². The Balaban J connectivity index is 0.00000192. The lowest BCUT2D eigenvalue weighted by Crippen LogP contribution is -2.43. The van der Waals surface area contributed by atoms with E-state index in [-0.39, 0.29) is 29.8 Å². The molecule has 1 amide bonds. The molecule has 1 saturated heterocycles. The predicted molar refractivity (Wildman–Crippen MR) is 83.6 cm³/mol. The third kappa shape index (κ3) is 3.98. The monoisotopic (exact) mass is 348 g/mol. The van der Waals surface area contributed by atoms with Crippen LogP contribution < -0.4 is 10.6 Å². The third-order valence-corrected chi connectivity index (χ3v) is 4.63. The van der Waals surface area contributed by atoms with Gasteiger partial charge in [-0.2, -0.15) is 13.2 Å². The average Bonchev–Trinajstić information content (AvgIpc) is 3.08. The van der Waals surface area contributed by atoms with Crippen molar-refractivity contribution in [1.29, 1.82) is 0 Å². The van der Waals surface area contributed by atoms with E-state index in [1.54, 1.807) is 6.07 Å². The van der Waals surface area contributed by atoms with E-state index in [1.165, 1.54) is 12.1 Å². The van der Waals surface area contributed by atoms with Gasteiger partial charge in [-0.15, -0.1) is 12.4 Å². The number of carbonyl (C=O) groups is 1. The van der Waals surface area contributed by atoms with Gasteiger partial charge in [-0.25, -0.2) is 0 Å². The van der Waals surface area contributed by atoms with Crippen molar-refractivity contribution in [2.75, 3.05) is 13.1 Å². The number of carbonyl (C=O) groups excluding carboxylic acids is 1. The molecule has 1 unspecified atom stereocenters. The number of hydrogen-bond donors (Lipinski definition) is 2. The lowest BCUT2D eigenvalue weighted by Gasteiger charge is -2.19. The first-order valence-electron chi connectivity index (χ1n) is 7.60. The van der Waals surface area contributed by atoms with Crippen LogP contribution in [0.25, 0.3) is 0 Å². The van der Waals surface area contributed by atoms with Gasteiger partial charge in [0, 0.05) is 12.0 Å². The van der Waals surface area contributed by atoms with Gasteiger partial charge < -0.3 is 10.6 Å². The smallest absolute Gasteiger partial charge is 0.354 e. The number of nitrogens with one attached hydrogen (secondary N) is 2. The van der Waals surface area contributed by atoms with Crippen LogP contribution in [0.1, 0.15) is 36.8 Å². The molecule has 1 aliphatic carbocycles. The minimum atomic E-state index is -4.33. The largest absolute Gasteiger partial charge is 0.416 e. The summed E-state index contributed by atoms with van der Waals surface area (Å²) >= 11 is 0.